The van der Waals surface area contributed by atoms with Crippen LogP contribution >= 0.6 is 23.2 Å². The molecule has 20 heavy (non-hydrogen) atoms. The average Bonchev–Trinajstić information content (AvgIpc) is 3.12. The molecule has 0 saturated heterocycles. The number of halogens is 2. The van der Waals surface area contributed by atoms with Crippen molar-refractivity contribution < 1.29 is 13.2 Å². The second kappa shape index (κ2) is 5.79. The summed E-state index contributed by atoms with van der Waals surface area (Å²) in [7, 11) is -3.59. The van der Waals surface area contributed by atoms with E-state index in [-0.39, 0.29) is 23.5 Å². The van der Waals surface area contributed by atoms with Gasteiger partial charge in [-0.15, -0.1) is 0 Å². The van der Waals surface area contributed by atoms with E-state index in [2.05, 4.69) is 5.32 Å². The van der Waals surface area contributed by atoms with Gasteiger partial charge in [-0.3, -0.25) is 9.10 Å². The van der Waals surface area contributed by atoms with E-state index in [9.17, 15) is 13.2 Å². The maximum absolute atomic E-state index is 11.8. The number of nitrogens with zero attached hydrogens (tertiary/aromatic N) is 1. The Labute approximate surface area is 127 Å². The molecule has 1 aliphatic carbocycles. The van der Waals surface area contributed by atoms with Crippen LogP contribution in [0.3, 0.4) is 0 Å². The second-order valence-electron chi connectivity index (χ2n) is 4.71. The lowest BCUT2D eigenvalue weighted by molar-refractivity contribution is -0.119. The van der Waals surface area contributed by atoms with Crippen molar-refractivity contribution in [3.05, 3.63) is 28.2 Å². The molecule has 1 amide bonds. The number of carbonyl (C=O) groups is 1. The first-order valence-corrected chi connectivity index (χ1v) is 8.60. The van der Waals surface area contributed by atoms with Gasteiger partial charge in [-0.1, -0.05) is 23.2 Å². The number of nitrogens with one attached hydrogen (secondary N) is 1. The van der Waals surface area contributed by atoms with Crippen molar-refractivity contribution in [3.8, 4) is 0 Å². The molecule has 0 bridgehead atoms. The summed E-state index contributed by atoms with van der Waals surface area (Å²) < 4.78 is 24.7. The summed E-state index contributed by atoms with van der Waals surface area (Å²) in [4.78, 5) is 11.8. The molecule has 0 atom stereocenters. The van der Waals surface area contributed by atoms with E-state index in [0.29, 0.717) is 10.7 Å². The third-order valence-corrected chi connectivity index (χ3v) is 4.70. The number of hydrogen-bond donors (Lipinski definition) is 1. The highest BCUT2D eigenvalue weighted by atomic mass is 35.5. The van der Waals surface area contributed by atoms with Gasteiger partial charge in [0.05, 0.1) is 22.0 Å². The van der Waals surface area contributed by atoms with Crippen molar-refractivity contribution >= 4 is 44.8 Å². The Kier molecular flexibility index (Phi) is 4.46. The number of carbonyl (C=O) groups excluding carboxylic acids is 1. The molecule has 8 heteroatoms. The van der Waals surface area contributed by atoms with Gasteiger partial charge in [-0.05, 0) is 31.0 Å². The third kappa shape index (κ3) is 4.01. The Hall–Kier alpha value is -0.980. The minimum atomic E-state index is -3.59. The summed E-state index contributed by atoms with van der Waals surface area (Å²) in [5, 5.41) is 3.31. The second-order valence-corrected chi connectivity index (χ2v) is 7.43. The summed E-state index contributed by atoms with van der Waals surface area (Å²) in [6, 6.07) is 4.61. The molecule has 0 heterocycles. The number of benzene rings is 1. The molecule has 1 N–H and O–H groups in total. The van der Waals surface area contributed by atoms with Crippen LogP contribution in [0.25, 0.3) is 0 Å². The molecule has 1 saturated carbocycles. The van der Waals surface area contributed by atoms with Gasteiger partial charge in [-0.25, -0.2) is 8.42 Å². The lowest BCUT2D eigenvalue weighted by Gasteiger charge is -2.22. The maximum atomic E-state index is 11.8. The molecule has 0 radical (unpaired) electrons. The first-order valence-electron chi connectivity index (χ1n) is 5.99. The van der Waals surface area contributed by atoms with Crippen LogP contribution in [0.5, 0.6) is 0 Å². The summed E-state index contributed by atoms with van der Waals surface area (Å²) in [5.41, 5.74) is 0.313. The zero-order valence-electron chi connectivity index (χ0n) is 10.8. The SMILES string of the molecule is CS(=O)(=O)N(CC(=O)NC1CC1)c1ccc(Cl)c(Cl)c1. The van der Waals surface area contributed by atoms with Gasteiger partial charge in [0.25, 0.3) is 0 Å². The van der Waals surface area contributed by atoms with E-state index in [4.69, 9.17) is 23.2 Å². The monoisotopic (exact) mass is 336 g/mol. The van der Waals surface area contributed by atoms with Crippen LogP contribution in [0.4, 0.5) is 5.69 Å². The first kappa shape index (κ1) is 15.4. The third-order valence-electron chi connectivity index (χ3n) is 2.82. The summed E-state index contributed by atoms with van der Waals surface area (Å²) in [5.74, 6) is -0.330. The zero-order chi connectivity index (χ0) is 14.9. The molecular formula is C12H14Cl2N2O3S. The minimum Gasteiger partial charge on any atom is -0.352 e. The number of sulfonamides is 1. The Morgan fingerprint density at radius 3 is 2.50 bits per heavy atom. The smallest absolute Gasteiger partial charge is 0.240 e. The van der Waals surface area contributed by atoms with E-state index < -0.39 is 10.0 Å². The molecule has 110 valence electrons. The van der Waals surface area contributed by atoms with E-state index >= 15 is 0 Å². The summed E-state index contributed by atoms with van der Waals surface area (Å²) in [6.07, 6.45) is 2.93. The fourth-order valence-electron chi connectivity index (χ4n) is 1.67. The lowest BCUT2D eigenvalue weighted by Crippen LogP contribution is -2.41. The molecule has 1 fully saturated rings. The van der Waals surface area contributed by atoms with Gasteiger partial charge in [0.15, 0.2) is 0 Å². The minimum absolute atomic E-state index is 0.178. The molecule has 5 nitrogen and oxygen atoms in total. The van der Waals surface area contributed by atoms with Crippen LogP contribution < -0.4 is 9.62 Å². The van der Waals surface area contributed by atoms with Crippen molar-refractivity contribution in [2.75, 3.05) is 17.1 Å². The maximum Gasteiger partial charge on any atom is 0.240 e. The molecular weight excluding hydrogens is 323 g/mol. The predicted molar refractivity (Wildman–Crippen MR) is 79.8 cm³/mol. The van der Waals surface area contributed by atoms with Gasteiger partial charge in [0.1, 0.15) is 6.54 Å². The van der Waals surface area contributed by atoms with E-state index in [1.807, 2.05) is 0 Å². The topological polar surface area (TPSA) is 66.5 Å². The summed E-state index contributed by atoms with van der Waals surface area (Å²) in [6.45, 7) is -0.271. The Morgan fingerprint density at radius 1 is 1.35 bits per heavy atom. The van der Waals surface area contributed by atoms with Crippen molar-refractivity contribution in [2.24, 2.45) is 0 Å². The van der Waals surface area contributed by atoms with E-state index in [1.54, 1.807) is 0 Å². The van der Waals surface area contributed by atoms with Gasteiger partial charge >= 0.3 is 0 Å². The van der Waals surface area contributed by atoms with Gasteiger partial charge in [-0.2, -0.15) is 0 Å². The highest BCUT2D eigenvalue weighted by molar-refractivity contribution is 7.92. The van der Waals surface area contributed by atoms with Crippen LogP contribution in [0.2, 0.25) is 10.0 Å². The molecule has 0 aliphatic heterocycles. The largest absolute Gasteiger partial charge is 0.352 e. The van der Waals surface area contributed by atoms with Gasteiger partial charge < -0.3 is 5.32 Å². The first-order chi connectivity index (χ1) is 9.27. The Bertz CT molecular complexity index is 630. The van der Waals surface area contributed by atoms with Crippen molar-refractivity contribution in [1.29, 1.82) is 0 Å². The normalized spacial score (nSPS) is 14.9. The average molecular weight is 337 g/mol. The molecule has 2 rings (SSSR count). The molecule has 0 unspecified atom stereocenters. The summed E-state index contributed by atoms with van der Waals surface area (Å²) >= 11 is 11.7. The lowest BCUT2D eigenvalue weighted by atomic mass is 10.3. The van der Waals surface area contributed by atoms with E-state index in [1.165, 1.54) is 18.2 Å². The Balaban J connectivity index is 2.22. The van der Waals surface area contributed by atoms with E-state index in [0.717, 1.165) is 23.4 Å². The standard InChI is InChI=1S/C12H14Cl2N2O3S/c1-20(18,19)16(7-12(17)15-8-2-3-8)9-4-5-10(13)11(14)6-9/h4-6,8H,2-3,7H2,1H3,(H,15,17). The van der Waals surface area contributed by atoms with Crippen LogP contribution in [0, 0.1) is 0 Å². The molecule has 0 spiro atoms. The molecule has 1 aliphatic rings. The van der Waals surface area contributed by atoms with Crippen LogP contribution in [-0.2, 0) is 14.8 Å². The fraction of sp³-hybridized carbons (Fsp3) is 0.417. The number of rotatable bonds is 5. The Morgan fingerprint density at radius 2 is 2.00 bits per heavy atom. The highest BCUT2D eigenvalue weighted by Crippen LogP contribution is 2.28. The highest BCUT2D eigenvalue weighted by Gasteiger charge is 2.26. The van der Waals surface area contributed by atoms with Crippen molar-refractivity contribution in [1.82, 2.24) is 5.32 Å². The fourth-order valence-corrected chi connectivity index (χ4v) is 2.81. The number of amides is 1. The molecule has 1 aromatic rings. The van der Waals surface area contributed by atoms with Crippen LogP contribution in [0.1, 0.15) is 12.8 Å². The quantitative estimate of drug-likeness (QED) is 0.894. The zero-order valence-corrected chi connectivity index (χ0v) is 13.1. The van der Waals surface area contributed by atoms with Gasteiger partial charge in [0.2, 0.25) is 15.9 Å². The number of hydrogen-bond acceptors (Lipinski definition) is 3. The van der Waals surface area contributed by atoms with Gasteiger partial charge in [0, 0.05) is 6.04 Å². The molecule has 1 aromatic carbocycles. The van der Waals surface area contributed by atoms with Crippen LogP contribution in [-0.4, -0.2) is 33.2 Å². The van der Waals surface area contributed by atoms with Crippen molar-refractivity contribution in [3.63, 3.8) is 0 Å². The van der Waals surface area contributed by atoms with Crippen LogP contribution in [0.15, 0.2) is 18.2 Å². The number of anilines is 1. The van der Waals surface area contributed by atoms with Crippen molar-refractivity contribution in [2.45, 2.75) is 18.9 Å². The molecule has 0 aromatic heterocycles. The predicted octanol–water partition coefficient (Wildman–Crippen LogP) is 2.04.